The minimum atomic E-state index is 0.0913. The van der Waals surface area contributed by atoms with Crippen molar-refractivity contribution in [2.75, 3.05) is 0 Å². The first-order chi connectivity index (χ1) is 7.97. The van der Waals surface area contributed by atoms with Gasteiger partial charge in [-0.25, -0.2) is 0 Å². The van der Waals surface area contributed by atoms with E-state index in [1.165, 1.54) is 0 Å². The lowest BCUT2D eigenvalue weighted by Crippen LogP contribution is -2.08. The van der Waals surface area contributed by atoms with Crippen LogP contribution in [0.2, 0.25) is 0 Å². The molecule has 1 aromatic heterocycles. The van der Waals surface area contributed by atoms with Crippen molar-refractivity contribution in [1.29, 1.82) is 0 Å². The molecule has 0 aliphatic rings. The zero-order chi connectivity index (χ0) is 12.6. The molecule has 0 saturated carbocycles. The molecule has 0 fully saturated rings. The monoisotopic (exact) mass is 405 g/mol. The second-order valence-electron chi connectivity index (χ2n) is 4.57. The van der Waals surface area contributed by atoms with E-state index in [2.05, 4.69) is 57.4 Å². The number of hydrogen-bond donors (Lipinski definition) is 1. The maximum Gasteiger partial charge on any atom is 0.189 e. The standard InChI is InChI=1S/C13H13BrINO/c1-7(2)3-9-6-12(17)10-4-8(15)5-11(14)13(10)16-9/h4-7H,3H2,1-2H3,(H,16,17). The molecule has 1 aromatic carbocycles. The molecule has 1 N–H and O–H groups in total. The number of aromatic nitrogens is 1. The van der Waals surface area contributed by atoms with Crippen LogP contribution in [0.15, 0.2) is 27.5 Å². The van der Waals surface area contributed by atoms with Crippen LogP contribution in [0.3, 0.4) is 0 Å². The van der Waals surface area contributed by atoms with E-state index >= 15 is 0 Å². The van der Waals surface area contributed by atoms with Gasteiger partial charge in [0.15, 0.2) is 5.43 Å². The van der Waals surface area contributed by atoms with Gasteiger partial charge in [0, 0.05) is 25.2 Å². The van der Waals surface area contributed by atoms with Crippen LogP contribution in [0.25, 0.3) is 10.9 Å². The lowest BCUT2D eigenvalue weighted by molar-refractivity contribution is 0.636. The van der Waals surface area contributed by atoms with Gasteiger partial charge in [0.1, 0.15) is 0 Å². The number of H-pyrrole nitrogens is 1. The minimum Gasteiger partial charge on any atom is -0.357 e. The number of pyridine rings is 1. The van der Waals surface area contributed by atoms with Crippen molar-refractivity contribution in [1.82, 2.24) is 4.98 Å². The Balaban J connectivity index is 2.69. The van der Waals surface area contributed by atoms with E-state index in [0.717, 1.165) is 31.1 Å². The van der Waals surface area contributed by atoms with E-state index < -0.39 is 0 Å². The Bertz CT molecular complexity index is 619. The fourth-order valence-electron chi connectivity index (χ4n) is 1.88. The number of rotatable bonds is 2. The third-order valence-corrected chi connectivity index (χ3v) is 3.79. The highest BCUT2D eigenvalue weighted by molar-refractivity contribution is 14.1. The molecule has 0 atom stereocenters. The molecule has 0 radical (unpaired) electrons. The van der Waals surface area contributed by atoms with Crippen LogP contribution in [-0.4, -0.2) is 4.98 Å². The molecule has 0 aliphatic carbocycles. The molecule has 90 valence electrons. The maximum atomic E-state index is 12.0. The van der Waals surface area contributed by atoms with Crippen LogP contribution in [0.1, 0.15) is 19.5 Å². The molecule has 0 unspecified atom stereocenters. The molecule has 0 bridgehead atoms. The second-order valence-corrected chi connectivity index (χ2v) is 6.67. The lowest BCUT2D eigenvalue weighted by Gasteiger charge is -2.08. The quantitative estimate of drug-likeness (QED) is 0.750. The predicted octanol–water partition coefficient (Wildman–Crippen LogP) is 4.09. The van der Waals surface area contributed by atoms with Gasteiger partial charge in [-0.05, 0) is 63.0 Å². The number of aromatic amines is 1. The normalized spacial score (nSPS) is 11.4. The average molecular weight is 406 g/mol. The Labute approximate surface area is 122 Å². The molecule has 2 aromatic rings. The van der Waals surface area contributed by atoms with Gasteiger partial charge in [0.05, 0.1) is 5.52 Å². The smallest absolute Gasteiger partial charge is 0.189 e. The highest BCUT2D eigenvalue weighted by Gasteiger charge is 2.07. The fraction of sp³-hybridized carbons (Fsp3) is 0.308. The Morgan fingerprint density at radius 1 is 1.35 bits per heavy atom. The van der Waals surface area contributed by atoms with Gasteiger partial charge in [0.25, 0.3) is 0 Å². The summed E-state index contributed by atoms with van der Waals surface area (Å²) in [5.41, 5.74) is 1.99. The highest BCUT2D eigenvalue weighted by atomic mass is 127. The lowest BCUT2D eigenvalue weighted by atomic mass is 10.1. The van der Waals surface area contributed by atoms with E-state index in [9.17, 15) is 4.79 Å². The summed E-state index contributed by atoms with van der Waals surface area (Å²) in [6, 6.07) is 5.64. The Hall–Kier alpha value is -0.360. The summed E-state index contributed by atoms with van der Waals surface area (Å²) >= 11 is 5.72. The third-order valence-electron chi connectivity index (χ3n) is 2.54. The summed E-state index contributed by atoms with van der Waals surface area (Å²) < 4.78 is 2.01. The van der Waals surface area contributed by atoms with Crippen molar-refractivity contribution in [2.24, 2.45) is 5.92 Å². The Morgan fingerprint density at radius 2 is 2.06 bits per heavy atom. The molecule has 1 heterocycles. The van der Waals surface area contributed by atoms with Crippen molar-refractivity contribution in [3.05, 3.63) is 42.2 Å². The van der Waals surface area contributed by atoms with Crippen LogP contribution >= 0.6 is 38.5 Å². The zero-order valence-corrected chi connectivity index (χ0v) is 13.4. The van der Waals surface area contributed by atoms with E-state index in [-0.39, 0.29) is 5.43 Å². The maximum absolute atomic E-state index is 12.0. The van der Waals surface area contributed by atoms with Crippen molar-refractivity contribution in [3.8, 4) is 0 Å². The van der Waals surface area contributed by atoms with Crippen molar-refractivity contribution >= 4 is 49.4 Å². The van der Waals surface area contributed by atoms with Crippen LogP contribution in [0.4, 0.5) is 0 Å². The molecule has 0 aliphatic heterocycles. The van der Waals surface area contributed by atoms with E-state index in [1.807, 2.05) is 12.1 Å². The van der Waals surface area contributed by atoms with Crippen LogP contribution in [-0.2, 0) is 6.42 Å². The molecule has 17 heavy (non-hydrogen) atoms. The topological polar surface area (TPSA) is 32.9 Å². The Kier molecular flexibility index (Phi) is 3.92. The molecule has 2 rings (SSSR count). The van der Waals surface area contributed by atoms with Gasteiger partial charge in [-0.1, -0.05) is 13.8 Å². The fourth-order valence-corrected chi connectivity index (χ4v) is 3.49. The molecule has 0 spiro atoms. The van der Waals surface area contributed by atoms with E-state index in [1.54, 1.807) is 6.07 Å². The first-order valence-corrected chi connectivity index (χ1v) is 7.35. The van der Waals surface area contributed by atoms with Gasteiger partial charge in [-0.3, -0.25) is 4.79 Å². The summed E-state index contributed by atoms with van der Waals surface area (Å²) in [4.78, 5) is 15.4. The van der Waals surface area contributed by atoms with Gasteiger partial charge >= 0.3 is 0 Å². The molecule has 2 nitrogen and oxygen atoms in total. The predicted molar refractivity (Wildman–Crippen MR) is 83.5 cm³/mol. The summed E-state index contributed by atoms with van der Waals surface area (Å²) in [6.45, 7) is 4.29. The Morgan fingerprint density at radius 3 is 2.71 bits per heavy atom. The van der Waals surface area contributed by atoms with E-state index in [4.69, 9.17) is 0 Å². The minimum absolute atomic E-state index is 0.0913. The molecular formula is C13H13BrINO. The summed E-state index contributed by atoms with van der Waals surface area (Å²) in [5.74, 6) is 0.533. The highest BCUT2D eigenvalue weighted by Crippen LogP contribution is 2.23. The first kappa shape index (κ1) is 13.1. The first-order valence-electron chi connectivity index (χ1n) is 5.48. The van der Waals surface area contributed by atoms with E-state index in [0.29, 0.717) is 5.92 Å². The van der Waals surface area contributed by atoms with Gasteiger partial charge in [-0.15, -0.1) is 0 Å². The summed E-state index contributed by atoms with van der Waals surface area (Å²) in [7, 11) is 0. The number of nitrogens with one attached hydrogen (secondary N) is 1. The van der Waals surface area contributed by atoms with Crippen LogP contribution < -0.4 is 5.43 Å². The summed E-state index contributed by atoms with van der Waals surface area (Å²) in [5, 5.41) is 0.747. The average Bonchev–Trinajstić information content (AvgIpc) is 2.19. The van der Waals surface area contributed by atoms with Crippen LogP contribution in [0.5, 0.6) is 0 Å². The van der Waals surface area contributed by atoms with Crippen molar-refractivity contribution in [3.63, 3.8) is 0 Å². The zero-order valence-electron chi connectivity index (χ0n) is 9.68. The number of benzene rings is 1. The van der Waals surface area contributed by atoms with Gasteiger partial charge in [0.2, 0.25) is 0 Å². The SMILES string of the molecule is CC(C)Cc1cc(=O)c2cc(I)cc(Br)c2[nH]1. The molecular weight excluding hydrogens is 393 g/mol. The van der Waals surface area contributed by atoms with Crippen molar-refractivity contribution in [2.45, 2.75) is 20.3 Å². The van der Waals surface area contributed by atoms with Crippen molar-refractivity contribution < 1.29 is 0 Å². The van der Waals surface area contributed by atoms with Gasteiger partial charge < -0.3 is 4.98 Å². The van der Waals surface area contributed by atoms with Gasteiger partial charge in [-0.2, -0.15) is 0 Å². The number of halogens is 2. The van der Waals surface area contributed by atoms with Crippen LogP contribution in [0, 0.1) is 9.49 Å². The molecule has 4 heteroatoms. The third kappa shape index (κ3) is 2.91. The molecule has 0 saturated heterocycles. The second kappa shape index (κ2) is 5.10. The number of fused-ring (bicyclic) bond motifs is 1. The largest absolute Gasteiger partial charge is 0.357 e. The molecule has 0 amide bonds. The summed E-state index contributed by atoms with van der Waals surface area (Å²) in [6.07, 6.45) is 0.892. The number of hydrogen-bond acceptors (Lipinski definition) is 1.